The van der Waals surface area contributed by atoms with Gasteiger partial charge in [0.2, 0.25) is 16.0 Å². The SMILES string of the molecule is COc1cc(C)c(-c2cc(NCCc3ccc(S(N)(=O)=O)cc3)nc(N)n2)cc1Cl. The van der Waals surface area contributed by atoms with Gasteiger partial charge >= 0.3 is 0 Å². The van der Waals surface area contributed by atoms with E-state index in [9.17, 15) is 8.42 Å². The van der Waals surface area contributed by atoms with E-state index < -0.39 is 10.0 Å². The van der Waals surface area contributed by atoms with E-state index >= 15 is 0 Å². The van der Waals surface area contributed by atoms with Crippen molar-refractivity contribution in [3.63, 3.8) is 0 Å². The minimum Gasteiger partial charge on any atom is -0.495 e. The normalized spacial score (nSPS) is 11.3. The summed E-state index contributed by atoms with van der Waals surface area (Å²) in [6.45, 7) is 2.50. The summed E-state index contributed by atoms with van der Waals surface area (Å²) in [6.07, 6.45) is 0.650. The lowest BCUT2D eigenvalue weighted by Crippen LogP contribution is -2.12. The third-order valence-corrected chi connectivity index (χ3v) is 5.71. The lowest BCUT2D eigenvalue weighted by atomic mass is 10.0. The average molecular weight is 448 g/mol. The van der Waals surface area contributed by atoms with Crippen LogP contribution in [0.3, 0.4) is 0 Å². The molecular weight excluding hydrogens is 426 g/mol. The molecular formula is C20H22ClN5O3S. The predicted octanol–water partition coefficient (Wildman–Crippen LogP) is 3.00. The van der Waals surface area contributed by atoms with Gasteiger partial charge in [-0.1, -0.05) is 23.7 Å². The van der Waals surface area contributed by atoms with Crippen molar-refractivity contribution in [2.45, 2.75) is 18.2 Å². The number of nitrogens with two attached hydrogens (primary N) is 2. The highest BCUT2D eigenvalue weighted by Crippen LogP contribution is 2.33. The number of nitrogen functional groups attached to an aromatic ring is 1. The molecule has 1 aromatic heterocycles. The Morgan fingerprint density at radius 1 is 1.13 bits per heavy atom. The molecule has 2 aromatic carbocycles. The Kier molecular flexibility index (Phi) is 6.45. The Balaban J connectivity index is 1.74. The van der Waals surface area contributed by atoms with E-state index in [2.05, 4.69) is 15.3 Å². The van der Waals surface area contributed by atoms with E-state index in [1.165, 1.54) is 12.1 Å². The van der Waals surface area contributed by atoms with Crippen LogP contribution in [0.15, 0.2) is 47.4 Å². The van der Waals surface area contributed by atoms with Crippen LogP contribution in [0.5, 0.6) is 5.75 Å². The molecule has 0 saturated heterocycles. The van der Waals surface area contributed by atoms with E-state index in [0.29, 0.717) is 35.2 Å². The van der Waals surface area contributed by atoms with E-state index in [0.717, 1.165) is 16.7 Å². The van der Waals surface area contributed by atoms with E-state index in [-0.39, 0.29) is 10.8 Å². The highest BCUT2D eigenvalue weighted by atomic mass is 35.5. The van der Waals surface area contributed by atoms with Crippen molar-refractivity contribution < 1.29 is 13.2 Å². The second kappa shape index (κ2) is 8.86. The van der Waals surface area contributed by atoms with Gasteiger partial charge in [-0.3, -0.25) is 0 Å². The molecule has 30 heavy (non-hydrogen) atoms. The number of sulfonamides is 1. The fourth-order valence-electron chi connectivity index (χ4n) is 2.96. The summed E-state index contributed by atoms with van der Waals surface area (Å²) in [5.74, 6) is 1.30. The molecule has 0 unspecified atom stereocenters. The Morgan fingerprint density at radius 2 is 1.83 bits per heavy atom. The second-order valence-corrected chi connectivity index (χ2v) is 8.63. The van der Waals surface area contributed by atoms with Crippen molar-refractivity contribution in [2.75, 3.05) is 24.7 Å². The minimum atomic E-state index is -3.69. The maximum atomic E-state index is 11.3. The zero-order chi connectivity index (χ0) is 21.9. The summed E-state index contributed by atoms with van der Waals surface area (Å²) in [5, 5.41) is 8.81. The molecule has 0 atom stereocenters. The van der Waals surface area contributed by atoms with Crippen LogP contribution in [0, 0.1) is 6.92 Å². The largest absolute Gasteiger partial charge is 0.495 e. The van der Waals surface area contributed by atoms with Crippen LogP contribution in [0.2, 0.25) is 5.02 Å². The van der Waals surface area contributed by atoms with Gasteiger partial charge in [-0.25, -0.2) is 18.5 Å². The number of nitrogens with zero attached hydrogens (tertiary/aromatic N) is 2. The van der Waals surface area contributed by atoms with E-state index in [4.69, 9.17) is 27.2 Å². The number of hydrogen-bond acceptors (Lipinski definition) is 7. The molecule has 0 amide bonds. The Hall–Kier alpha value is -2.88. The number of halogens is 1. The molecule has 0 fully saturated rings. The number of benzene rings is 2. The Morgan fingerprint density at radius 3 is 2.47 bits per heavy atom. The van der Waals surface area contributed by atoms with Crippen molar-refractivity contribution in [3.05, 3.63) is 58.6 Å². The van der Waals surface area contributed by atoms with Gasteiger partial charge in [-0.05, 0) is 48.7 Å². The summed E-state index contributed by atoms with van der Waals surface area (Å²) in [7, 11) is -2.13. The van der Waals surface area contributed by atoms with Gasteiger partial charge in [-0.15, -0.1) is 0 Å². The number of anilines is 2. The van der Waals surface area contributed by atoms with Gasteiger partial charge in [0.1, 0.15) is 11.6 Å². The lowest BCUT2D eigenvalue weighted by molar-refractivity contribution is 0.415. The van der Waals surface area contributed by atoms with Crippen LogP contribution in [-0.4, -0.2) is 32.0 Å². The topological polar surface area (TPSA) is 133 Å². The van der Waals surface area contributed by atoms with Gasteiger partial charge in [-0.2, -0.15) is 4.98 Å². The zero-order valence-electron chi connectivity index (χ0n) is 16.5. The number of ether oxygens (including phenoxy) is 1. The number of rotatable bonds is 7. The van der Waals surface area contributed by atoms with Crippen molar-refractivity contribution in [1.82, 2.24) is 9.97 Å². The first-order chi connectivity index (χ1) is 14.2. The molecule has 0 aliphatic carbocycles. The van der Waals surface area contributed by atoms with Crippen molar-refractivity contribution in [2.24, 2.45) is 5.14 Å². The van der Waals surface area contributed by atoms with Crippen molar-refractivity contribution in [1.29, 1.82) is 0 Å². The monoisotopic (exact) mass is 447 g/mol. The molecule has 8 nitrogen and oxygen atoms in total. The number of primary sulfonamides is 1. The van der Waals surface area contributed by atoms with Crippen LogP contribution in [0.1, 0.15) is 11.1 Å². The number of methoxy groups -OCH3 is 1. The summed E-state index contributed by atoms with van der Waals surface area (Å²) < 4.78 is 27.9. The number of aryl methyl sites for hydroxylation is 1. The predicted molar refractivity (Wildman–Crippen MR) is 118 cm³/mol. The van der Waals surface area contributed by atoms with Gasteiger partial charge < -0.3 is 15.8 Å². The first kappa shape index (κ1) is 21.8. The van der Waals surface area contributed by atoms with Crippen LogP contribution in [0.25, 0.3) is 11.3 Å². The molecule has 0 aliphatic rings. The molecule has 3 rings (SSSR count). The molecule has 5 N–H and O–H groups in total. The minimum absolute atomic E-state index is 0.0842. The number of aromatic nitrogens is 2. The summed E-state index contributed by atoms with van der Waals surface area (Å²) in [5.41, 5.74) is 9.26. The third-order valence-electron chi connectivity index (χ3n) is 4.49. The number of hydrogen-bond donors (Lipinski definition) is 3. The van der Waals surface area contributed by atoms with Crippen molar-refractivity contribution in [3.8, 4) is 17.0 Å². The first-order valence-electron chi connectivity index (χ1n) is 9.02. The van der Waals surface area contributed by atoms with E-state index in [1.807, 2.05) is 13.0 Å². The van der Waals surface area contributed by atoms with Crippen LogP contribution < -0.4 is 20.9 Å². The van der Waals surface area contributed by atoms with Crippen LogP contribution >= 0.6 is 11.6 Å². The Labute approximate surface area is 180 Å². The fourth-order valence-corrected chi connectivity index (χ4v) is 3.72. The van der Waals surface area contributed by atoms with Crippen LogP contribution in [0.4, 0.5) is 11.8 Å². The Bertz CT molecular complexity index is 1170. The molecule has 0 aliphatic heterocycles. The van der Waals surface area contributed by atoms with Crippen molar-refractivity contribution >= 4 is 33.4 Å². The highest BCUT2D eigenvalue weighted by molar-refractivity contribution is 7.89. The molecule has 0 saturated carbocycles. The maximum Gasteiger partial charge on any atom is 0.238 e. The first-order valence-corrected chi connectivity index (χ1v) is 10.9. The van der Waals surface area contributed by atoms with Crippen LogP contribution in [-0.2, 0) is 16.4 Å². The van der Waals surface area contributed by atoms with Gasteiger partial charge in [0.15, 0.2) is 0 Å². The second-order valence-electron chi connectivity index (χ2n) is 6.66. The molecule has 158 valence electrons. The molecule has 0 radical (unpaired) electrons. The van der Waals surface area contributed by atoms with Gasteiger partial charge in [0, 0.05) is 18.2 Å². The quantitative estimate of drug-likeness (QED) is 0.506. The standard InChI is InChI=1S/C20H22ClN5O3S/c1-12-9-18(29-2)16(21)10-15(12)17-11-19(26-20(22)25-17)24-8-7-13-3-5-14(6-4-13)30(23,27)28/h3-6,9-11H,7-8H2,1-2H3,(H2,23,27,28)(H3,22,24,25,26). The average Bonchev–Trinajstić information content (AvgIpc) is 2.68. The highest BCUT2D eigenvalue weighted by Gasteiger charge is 2.12. The summed E-state index contributed by atoms with van der Waals surface area (Å²) in [6, 6.07) is 11.9. The van der Waals surface area contributed by atoms with E-state index in [1.54, 1.807) is 31.4 Å². The zero-order valence-corrected chi connectivity index (χ0v) is 18.1. The smallest absolute Gasteiger partial charge is 0.238 e. The molecule has 0 spiro atoms. The van der Waals surface area contributed by atoms with Gasteiger partial charge in [0.05, 0.1) is 22.7 Å². The van der Waals surface area contributed by atoms with Gasteiger partial charge in [0.25, 0.3) is 0 Å². The molecule has 0 bridgehead atoms. The maximum absolute atomic E-state index is 11.3. The molecule has 3 aromatic rings. The fraction of sp³-hybridized carbons (Fsp3) is 0.200. The number of nitrogens with one attached hydrogen (secondary N) is 1. The summed E-state index contributed by atoms with van der Waals surface area (Å²) >= 11 is 6.26. The molecule has 10 heteroatoms. The molecule has 1 heterocycles. The third kappa shape index (κ3) is 5.18. The summed E-state index contributed by atoms with van der Waals surface area (Å²) in [4.78, 5) is 8.63. The lowest BCUT2D eigenvalue weighted by Gasteiger charge is -2.12.